The Labute approximate surface area is 155 Å². The van der Waals surface area contributed by atoms with Gasteiger partial charge in [-0.25, -0.2) is 0 Å². The summed E-state index contributed by atoms with van der Waals surface area (Å²) in [5.41, 5.74) is 6.92. The third kappa shape index (κ3) is 4.96. The van der Waals surface area contributed by atoms with Gasteiger partial charge in [-0.1, -0.05) is 25.1 Å². The molecule has 2 atom stereocenters. The predicted molar refractivity (Wildman–Crippen MR) is 101 cm³/mol. The molecule has 0 aliphatic carbocycles. The maximum absolute atomic E-state index is 12.4. The lowest BCUT2D eigenvalue weighted by molar-refractivity contribution is -0.134. The number of carbonyl (C=O) groups excluding carboxylic acids is 1. The Bertz CT molecular complexity index is 602. The van der Waals surface area contributed by atoms with Crippen molar-refractivity contribution in [2.24, 2.45) is 11.7 Å². The molecule has 0 bridgehead atoms. The number of para-hydroxylation sites is 1. The van der Waals surface area contributed by atoms with Crippen LogP contribution in [0.1, 0.15) is 31.7 Å². The minimum atomic E-state index is -0.486. The van der Waals surface area contributed by atoms with Crippen LogP contribution in [0.5, 0.6) is 5.75 Å². The van der Waals surface area contributed by atoms with Crippen molar-refractivity contribution in [2.45, 2.75) is 44.9 Å². The second-order valence-corrected chi connectivity index (χ2v) is 7.71. The standard InChI is InChI=1S/C20H31N3O3/c1-15-6-10-23(11-7-15)20(25)14-26-19-5-3-2-4-16(19)12-22-9-8-17(21)18(24)13-22/h2-5,15,17-18,24H,6-14,21H2,1H3. The number of rotatable bonds is 5. The highest BCUT2D eigenvalue weighted by molar-refractivity contribution is 5.77. The van der Waals surface area contributed by atoms with Crippen molar-refractivity contribution >= 4 is 5.91 Å². The quantitative estimate of drug-likeness (QED) is 0.824. The summed E-state index contributed by atoms with van der Waals surface area (Å²) in [6.45, 7) is 6.10. The van der Waals surface area contributed by atoms with Crippen molar-refractivity contribution in [3.8, 4) is 5.75 Å². The van der Waals surface area contributed by atoms with E-state index in [4.69, 9.17) is 10.5 Å². The molecule has 2 aliphatic rings. The normalized spacial score (nSPS) is 25.3. The Kier molecular flexibility index (Phi) is 6.51. The van der Waals surface area contributed by atoms with Gasteiger partial charge < -0.3 is 20.5 Å². The predicted octanol–water partition coefficient (Wildman–Crippen LogP) is 1.22. The molecule has 1 aromatic rings. The van der Waals surface area contributed by atoms with Crippen LogP contribution in [0.3, 0.4) is 0 Å². The molecule has 3 rings (SSSR count). The second kappa shape index (κ2) is 8.84. The number of ether oxygens (including phenoxy) is 1. The maximum Gasteiger partial charge on any atom is 0.260 e. The minimum Gasteiger partial charge on any atom is -0.483 e. The van der Waals surface area contributed by atoms with Gasteiger partial charge in [-0.15, -0.1) is 0 Å². The van der Waals surface area contributed by atoms with E-state index in [-0.39, 0.29) is 18.6 Å². The Morgan fingerprint density at radius 2 is 1.96 bits per heavy atom. The first-order valence-corrected chi connectivity index (χ1v) is 9.67. The van der Waals surface area contributed by atoms with E-state index >= 15 is 0 Å². The number of benzene rings is 1. The van der Waals surface area contributed by atoms with Crippen LogP contribution in [0.15, 0.2) is 24.3 Å². The largest absolute Gasteiger partial charge is 0.483 e. The number of aliphatic hydroxyl groups excluding tert-OH is 1. The summed E-state index contributed by atoms with van der Waals surface area (Å²) in [5.74, 6) is 1.51. The van der Waals surface area contributed by atoms with Gasteiger partial charge in [0.15, 0.2) is 6.61 Å². The molecular formula is C20H31N3O3. The molecule has 2 fully saturated rings. The van der Waals surface area contributed by atoms with Gasteiger partial charge in [0, 0.05) is 44.3 Å². The number of nitrogens with zero attached hydrogens (tertiary/aromatic N) is 2. The van der Waals surface area contributed by atoms with E-state index in [1.165, 1.54) is 0 Å². The molecule has 26 heavy (non-hydrogen) atoms. The SMILES string of the molecule is CC1CCN(C(=O)COc2ccccc2CN2CCC(N)C(O)C2)CC1. The van der Waals surface area contributed by atoms with Gasteiger partial charge >= 0.3 is 0 Å². The highest BCUT2D eigenvalue weighted by Crippen LogP contribution is 2.22. The van der Waals surface area contributed by atoms with E-state index in [1.54, 1.807) is 0 Å². The first-order chi connectivity index (χ1) is 12.5. The van der Waals surface area contributed by atoms with Crippen molar-refractivity contribution in [1.82, 2.24) is 9.80 Å². The van der Waals surface area contributed by atoms with Gasteiger partial charge in [-0.05, 0) is 31.2 Å². The molecule has 6 heteroatoms. The topological polar surface area (TPSA) is 79.0 Å². The average molecular weight is 361 g/mol. The van der Waals surface area contributed by atoms with E-state index < -0.39 is 6.10 Å². The van der Waals surface area contributed by atoms with Gasteiger partial charge in [0.1, 0.15) is 5.75 Å². The van der Waals surface area contributed by atoms with E-state index in [0.717, 1.165) is 50.2 Å². The summed E-state index contributed by atoms with van der Waals surface area (Å²) in [7, 11) is 0. The van der Waals surface area contributed by atoms with Crippen LogP contribution in [0.2, 0.25) is 0 Å². The molecular weight excluding hydrogens is 330 g/mol. The number of likely N-dealkylation sites (tertiary alicyclic amines) is 2. The lowest BCUT2D eigenvalue weighted by Crippen LogP contribution is -2.50. The zero-order chi connectivity index (χ0) is 18.5. The van der Waals surface area contributed by atoms with Crippen LogP contribution in [0, 0.1) is 5.92 Å². The molecule has 0 saturated carbocycles. The van der Waals surface area contributed by atoms with Gasteiger partial charge in [0.25, 0.3) is 5.91 Å². The summed E-state index contributed by atoms with van der Waals surface area (Å²) < 4.78 is 5.86. The molecule has 0 spiro atoms. The molecule has 2 saturated heterocycles. The van der Waals surface area contributed by atoms with Crippen molar-refractivity contribution in [3.63, 3.8) is 0 Å². The minimum absolute atomic E-state index is 0.0612. The average Bonchev–Trinajstić information content (AvgIpc) is 2.64. The van der Waals surface area contributed by atoms with E-state index in [2.05, 4.69) is 11.8 Å². The number of β-amino-alcohol motifs (C(OH)–C–C–N with tert-alkyl or cyclic N) is 1. The number of carbonyl (C=O) groups is 1. The lowest BCUT2D eigenvalue weighted by Gasteiger charge is -2.34. The molecule has 2 unspecified atom stereocenters. The van der Waals surface area contributed by atoms with Gasteiger partial charge in [0.05, 0.1) is 6.10 Å². The Balaban J connectivity index is 1.54. The molecule has 2 heterocycles. The molecule has 2 aliphatic heterocycles. The third-order valence-corrected chi connectivity index (χ3v) is 5.57. The summed E-state index contributed by atoms with van der Waals surface area (Å²) in [5, 5.41) is 9.99. The van der Waals surface area contributed by atoms with Crippen LogP contribution in [0.25, 0.3) is 0 Å². The number of piperidine rings is 2. The van der Waals surface area contributed by atoms with Crippen molar-refractivity contribution in [2.75, 3.05) is 32.8 Å². The summed E-state index contributed by atoms with van der Waals surface area (Å²) in [6, 6.07) is 7.69. The van der Waals surface area contributed by atoms with E-state index in [9.17, 15) is 9.90 Å². The monoisotopic (exact) mass is 361 g/mol. The van der Waals surface area contributed by atoms with Gasteiger partial charge in [-0.2, -0.15) is 0 Å². The first-order valence-electron chi connectivity index (χ1n) is 9.67. The highest BCUT2D eigenvalue weighted by atomic mass is 16.5. The number of hydrogen-bond donors (Lipinski definition) is 2. The van der Waals surface area contributed by atoms with Crippen molar-refractivity contribution in [1.29, 1.82) is 0 Å². The fraction of sp³-hybridized carbons (Fsp3) is 0.650. The first kappa shape index (κ1) is 19.1. The second-order valence-electron chi connectivity index (χ2n) is 7.71. The number of amides is 1. The molecule has 6 nitrogen and oxygen atoms in total. The summed E-state index contributed by atoms with van der Waals surface area (Å²) in [6.07, 6.45) is 2.44. The molecule has 1 aromatic carbocycles. The maximum atomic E-state index is 12.4. The Hall–Kier alpha value is -1.63. The van der Waals surface area contributed by atoms with Crippen LogP contribution in [0.4, 0.5) is 0 Å². The Morgan fingerprint density at radius 1 is 1.23 bits per heavy atom. The number of hydrogen-bond acceptors (Lipinski definition) is 5. The summed E-state index contributed by atoms with van der Waals surface area (Å²) in [4.78, 5) is 16.5. The van der Waals surface area contributed by atoms with Crippen LogP contribution < -0.4 is 10.5 Å². The van der Waals surface area contributed by atoms with Gasteiger partial charge in [0.2, 0.25) is 0 Å². The molecule has 144 valence electrons. The number of nitrogens with two attached hydrogens (primary N) is 1. The molecule has 3 N–H and O–H groups in total. The Morgan fingerprint density at radius 3 is 2.69 bits per heavy atom. The molecule has 0 aromatic heterocycles. The van der Waals surface area contributed by atoms with E-state index in [0.29, 0.717) is 19.0 Å². The van der Waals surface area contributed by atoms with Crippen LogP contribution in [-0.2, 0) is 11.3 Å². The van der Waals surface area contributed by atoms with E-state index in [1.807, 2.05) is 29.2 Å². The number of aliphatic hydroxyl groups is 1. The zero-order valence-electron chi connectivity index (χ0n) is 15.6. The fourth-order valence-electron chi connectivity index (χ4n) is 3.66. The van der Waals surface area contributed by atoms with Gasteiger partial charge in [-0.3, -0.25) is 9.69 Å². The lowest BCUT2D eigenvalue weighted by atomic mass is 9.99. The zero-order valence-corrected chi connectivity index (χ0v) is 15.6. The van der Waals surface area contributed by atoms with Crippen LogP contribution >= 0.6 is 0 Å². The van der Waals surface area contributed by atoms with Crippen molar-refractivity contribution < 1.29 is 14.6 Å². The summed E-state index contributed by atoms with van der Waals surface area (Å²) >= 11 is 0. The van der Waals surface area contributed by atoms with Crippen molar-refractivity contribution in [3.05, 3.63) is 29.8 Å². The fourth-order valence-corrected chi connectivity index (χ4v) is 3.66. The highest BCUT2D eigenvalue weighted by Gasteiger charge is 2.25. The smallest absolute Gasteiger partial charge is 0.260 e. The third-order valence-electron chi connectivity index (χ3n) is 5.57. The van der Waals surface area contributed by atoms with Crippen LogP contribution in [-0.4, -0.2) is 65.7 Å². The molecule has 1 amide bonds. The molecule has 0 radical (unpaired) electrons.